The minimum absolute atomic E-state index is 0.650. The van der Waals surface area contributed by atoms with Crippen LogP contribution in [-0.4, -0.2) is 0 Å². The zero-order valence-corrected chi connectivity index (χ0v) is 26.3. The lowest BCUT2D eigenvalue weighted by Crippen LogP contribution is -1.93. The largest absolute Gasteiger partial charge is 0.192 e. The second-order valence-corrected chi connectivity index (χ2v) is 13.7. The first-order valence-electron chi connectivity index (χ1n) is 15.3. The van der Waals surface area contributed by atoms with Crippen LogP contribution in [0.2, 0.25) is 0 Å². The molecule has 0 saturated carbocycles. The average molecular weight is 620 g/mol. The molecule has 0 aliphatic heterocycles. The molecule has 2 heterocycles. The molecule has 0 spiro atoms. The summed E-state index contributed by atoms with van der Waals surface area (Å²) in [7, 11) is 0. The molecule has 1 nitrogen and oxygen atoms in total. The van der Waals surface area contributed by atoms with E-state index >= 15 is 0 Å². The van der Waals surface area contributed by atoms with E-state index in [9.17, 15) is 5.26 Å². The Morgan fingerprint density at radius 1 is 0.391 bits per heavy atom. The summed E-state index contributed by atoms with van der Waals surface area (Å²) >= 11 is 3.70. The maximum Gasteiger partial charge on any atom is 0.0992 e. The summed E-state index contributed by atoms with van der Waals surface area (Å²) in [4.78, 5) is 0. The summed E-state index contributed by atoms with van der Waals surface area (Å²) in [6, 6.07) is 56.6. The van der Waals surface area contributed by atoms with Crippen molar-refractivity contribution in [1.29, 1.82) is 5.26 Å². The summed E-state index contributed by atoms with van der Waals surface area (Å²) < 4.78 is 5.13. The predicted octanol–water partition coefficient (Wildman–Crippen LogP) is 13.0. The van der Waals surface area contributed by atoms with Crippen LogP contribution in [0.3, 0.4) is 0 Å². The average Bonchev–Trinajstić information content (AvgIpc) is 3.70. The van der Waals surface area contributed by atoms with E-state index in [4.69, 9.17) is 0 Å². The topological polar surface area (TPSA) is 23.8 Å². The van der Waals surface area contributed by atoms with E-state index in [-0.39, 0.29) is 0 Å². The molecule has 0 radical (unpaired) electrons. The lowest BCUT2D eigenvalue weighted by molar-refractivity contribution is 1.48. The van der Waals surface area contributed by atoms with Crippen LogP contribution in [0.5, 0.6) is 0 Å². The molecule has 0 atom stereocenters. The van der Waals surface area contributed by atoms with E-state index in [1.54, 1.807) is 0 Å². The minimum atomic E-state index is 0.650. The Hall–Kier alpha value is -5.53. The van der Waals surface area contributed by atoms with Crippen LogP contribution >= 0.6 is 22.7 Å². The predicted molar refractivity (Wildman–Crippen MR) is 199 cm³/mol. The van der Waals surface area contributed by atoms with Gasteiger partial charge < -0.3 is 0 Å². The number of thiophene rings is 2. The Morgan fingerprint density at radius 2 is 0.870 bits per heavy atom. The molecule has 46 heavy (non-hydrogen) atoms. The van der Waals surface area contributed by atoms with Crippen molar-refractivity contribution >= 4 is 63.0 Å². The van der Waals surface area contributed by atoms with Crippen LogP contribution in [0, 0.1) is 11.3 Å². The van der Waals surface area contributed by atoms with Crippen LogP contribution in [0.1, 0.15) is 5.56 Å². The van der Waals surface area contributed by atoms with Gasteiger partial charge in [0, 0.05) is 51.5 Å². The smallest absolute Gasteiger partial charge is 0.0992 e. The van der Waals surface area contributed by atoms with Crippen molar-refractivity contribution in [2.24, 2.45) is 0 Å². The molecule has 9 rings (SSSR count). The van der Waals surface area contributed by atoms with E-state index in [0.29, 0.717) is 5.56 Å². The van der Waals surface area contributed by atoms with Crippen LogP contribution in [-0.2, 0) is 0 Å². The van der Waals surface area contributed by atoms with Crippen LogP contribution < -0.4 is 0 Å². The van der Waals surface area contributed by atoms with E-state index < -0.39 is 0 Å². The SMILES string of the molecule is N#Cc1cc(-c2ccccc2)cc(-c2c(-c3cccc4c3sc3ccccc34)cccc2-c2cccc3c2sc2ccccc23)c1. The summed E-state index contributed by atoms with van der Waals surface area (Å²) in [6.07, 6.45) is 0. The standard InChI is InChI=1S/C43H25NS2/c44-26-27-23-29(28-11-2-1-3-12-28)25-30(24-27)41-33(37-19-9-17-35-31-13-4-6-21-39(31)45-42(35)37)15-8-16-34(41)38-20-10-18-36-32-14-5-7-22-40(32)46-43(36)38/h1-25H. The van der Waals surface area contributed by atoms with Crippen molar-refractivity contribution in [3.63, 3.8) is 0 Å². The molecule has 0 N–H and O–H groups in total. The molecule has 0 fully saturated rings. The Bertz CT molecular complexity index is 2520. The normalized spacial score (nSPS) is 11.5. The van der Waals surface area contributed by atoms with E-state index in [1.807, 2.05) is 34.8 Å². The number of hydrogen-bond acceptors (Lipinski definition) is 3. The molecule has 7 aromatic carbocycles. The number of nitriles is 1. The summed E-state index contributed by atoms with van der Waals surface area (Å²) in [5, 5.41) is 15.4. The van der Waals surface area contributed by atoms with Crippen LogP contribution in [0.15, 0.2) is 152 Å². The van der Waals surface area contributed by atoms with Crippen molar-refractivity contribution in [2.75, 3.05) is 0 Å². The number of rotatable bonds is 4. The van der Waals surface area contributed by atoms with Crippen molar-refractivity contribution in [3.05, 3.63) is 157 Å². The third kappa shape index (κ3) is 4.27. The van der Waals surface area contributed by atoms with E-state index in [2.05, 4.69) is 146 Å². The Morgan fingerprint density at radius 3 is 1.46 bits per heavy atom. The molecule has 0 aliphatic rings. The number of hydrogen-bond donors (Lipinski definition) is 0. The molecular formula is C43H25NS2. The fourth-order valence-corrected chi connectivity index (χ4v) is 9.33. The molecule has 2 aromatic heterocycles. The van der Waals surface area contributed by atoms with Gasteiger partial charge in [0.2, 0.25) is 0 Å². The van der Waals surface area contributed by atoms with Gasteiger partial charge in [0.25, 0.3) is 0 Å². The highest BCUT2D eigenvalue weighted by atomic mass is 32.1. The molecule has 0 bridgehead atoms. The zero-order valence-electron chi connectivity index (χ0n) is 24.7. The first-order valence-corrected chi connectivity index (χ1v) is 17.0. The van der Waals surface area contributed by atoms with Gasteiger partial charge in [0.05, 0.1) is 11.6 Å². The highest BCUT2D eigenvalue weighted by molar-refractivity contribution is 7.26. The Labute approximate surface area is 274 Å². The van der Waals surface area contributed by atoms with E-state index in [1.165, 1.54) is 62.6 Å². The quantitative estimate of drug-likeness (QED) is 0.192. The van der Waals surface area contributed by atoms with Gasteiger partial charge in [-0.25, -0.2) is 0 Å². The van der Waals surface area contributed by atoms with Gasteiger partial charge >= 0.3 is 0 Å². The lowest BCUT2D eigenvalue weighted by Gasteiger charge is -2.18. The van der Waals surface area contributed by atoms with Gasteiger partial charge in [0.15, 0.2) is 0 Å². The van der Waals surface area contributed by atoms with Crippen LogP contribution in [0.4, 0.5) is 0 Å². The summed E-state index contributed by atoms with van der Waals surface area (Å²) in [6.45, 7) is 0. The molecule has 0 saturated heterocycles. The molecular weight excluding hydrogens is 595 g/mol. The van der Waals surface area contributed by atoms with E-state index in [0.717, 1.165) is 22.3 Å². The van der Waals surface area contributed by atoms with Crippen molar-refractivity contribution in [1.82, 2.24) is 0 Å². The number of fused-ring (bicyclic) bond motifs is 6. The van der Waals surface area contributed by atoms with Gasteiger partial charge in [-0.05, 0) is 63.7 Å². The maximum atomic E-state index is 10.3. The third-order valence-corrected chi connectivity index (χ3v) is 11.4. The minimum Gasteiger partial charge on any atom is -0.192 e. The Kier molecular flexibility index (Phi) is 6.31. The van der Waals surface area contributed by atoms with Gasteiger partial charge in [-0.2, -0.15) is 5.26 Å². The highest BCUT2D eigenvalue weighted by Crippen LogP contribution is 2.48. The molecule has 3 heteroatoms. The zero-order chi connectivity index (χ0) is 30.6. The first-order chi connectivity index (χ1) is 22.8. The number of nitrogens with zero attached hydrogens (tertiary/aromatic N) is 1. The van der Waals surface area contributed by atoms with Crippen molar-refractivity contribution < 1.29 is 0 Å². The molecule has 0 unspecified atom stereocenters. The molecule has 214 valence electrons. The Balaban J connectivity index is 1.40. The summed E-state index contributed by atoms with van der Waals surface area (Å²) in [5.74, 6) is 0. The fraction of sp³-hybridized carbons (Fsp3) is 0. The monoisotopic (exact) mass is 619 g/mol. The molecule has 0 aliphatic carbocycles. The van der Waals surface area contributed by atoms with Gasteiger partial charge in [-0.3, -0.25) is 0 Å². The fourth-order valence-electron chi connectivity index (χ4n) is 6.86. The number of benzene rings is 7. The van der Waals surface area contributed by atoms with Gasteiger partial charge in [-0.1, -0.05) is 121 Å². The second-order valence-electron chi connectivity index (χ2n) is 11.6. The highest BCUT2D eigenvalue weighted by Gasteiger charge is 2.21. The first kappa shape index (κ1) is 26.8. The lowest BCUT2D eigenvalue weighted by atomic mass is 9.85. The van der Waals surface area contributed by atoms with Gasteiger partial charge in [-0.15, -0.1) is 22.7 Å². The molecule has 0 amide bonds. The second kappa shape index (κ2) is 10.8. The maximum absolute atomic E-state index is 10.3. The van der Waals surface area contributed by atoms with Crippen molar-refractivity contribution in [2.45, 2.75) is 0 Å². The van der Waals surface area contributed by atoms with Crippen molar-refractivity contribution in [3.8, 4) is 50.6 Å². The summed E-state index contributed by atoms with van der Waals surface area (Å²) in [5.41, 5.74) is 9.73. The van der Waals surface area contributed by atoms with Crippen LogP contribution in [0.25, 0.3) is 84.9 Å². The third-order valence-electron chi connectivity index (χ3n) is 8.91. The van der Waals surface area contributed by atoms with Gasteiger partial charge in [0.1, 0.15) is 0 Å². The molecule has 9 aromatic rings.